The molecule has 0 spiro atoms. The van der Waals surface area contributed by atoms with Crippen LogP contribution in [-0.4, -0.2) is 71.4 Å². The molecule has 4 aliphatic heterocycles. The number of anilines is 1. The molecule has 0 saturated carbocycles. The largest absolute Gasteiger partial charge is 0.461 e. The molecule has 2 bridgehead atoms. The van der Waals surface area contributed by atoms with Gasteiger partial charge in [0.1, 0.15) is 29.9 Å². The standard InChI is InChI=1S/C33H32Cl2F3N5O/c1-17-9-18-3-6-25(37)28(35)26(18)22(10-17)27-24(34)11-23-30(29(27)38)40-32(41-31(23)42-14-20-4-5-21(15-42)39-20)44-16-33-7-2-8-43(33)13-19(36)12-33/h3,6,9-11,19-21,39H,2,4-5,7-8,12-16H2,1H3/t19-,20?,21?,33+/m1/s1. The van der Waals surface area contributed by atoms with Gasteiger partial charge >= 0.3 is 6.01 Å². The lowest BCUT2D eigenvalue weighted by molar-refractivity contribution is 0.107. The number of alkyl halides is 1. The molecule has 2 unspecified atom stereocenters. The van der Waals surface area contributed by atoms with Crippen molar-refractivity contribution in [3.63, 3.8) is 0 Å². The Balaban J connectivity index is 1.29. The van der Waals surface area contributed by atoms with E-state index in [9.17, 15) is 8.78 Å². The van der Waals surface area contributed by atoms with E-state index in [-0.39, 0.29) is 33.7 Å². The summed E-state index contributed by atoms with van der Waals surface area (Å²) in [4.78, 5) is 13.8. The van der Waals surface area contributed by atoms with E-state index in [1.807, 2.05) is 13.0 Å². The number of nitrogens with zero attached hydrogens (tertiary/aromatic N) is 4. The van der Waals surface area contributed by atoms with Crippen LogP contribution < -0.4 is 15.0 Å². The summed E-state index contributed by atoms with van der Waals surface area (Å²) in [5.74, 6) is -0.695. The molecule has 4 fully saturated rings. The number of fused-ring (bicyclic) bond motifs is 5. The predicted octanol–water partition coefficient (Wildman–Crippen LogP) is 7.24. The molecule has 0 aliphatic carbocycles. The SMILES string of the molecule is Cc1cc(-c2c(Cl)cc3c(N4CC5CCC(C4)N5)nc(OC[C@@]45CCCN4C[C@H](F)C5)nc3c2F)c2c(Cl)c(F)ccc2c1. The first-order chi connectivity index (χ1) is 21.2. The maximum atomic E-state index is 17.0. The van der Waals surface area contributed by atoms with Crippen LogP contribution in [0.3, 0.4) is 0 Å². The van der Waals surface area contributed by atoms with Crippen molar-refractivity contribution in [2.45, 2.75) is 62.8 Å². The van der Waals surface area contributed by atoms with Gasteiger partial charge in [-0.2, -0.15) is 9.97 Å². The van der Waals surface area contributed by atoms with Crippen molar-refractivity contribution >= 4 is 50.7 Å². The normalized spacial score (nSPS) is 26.7. The van der Waals surface area contributed by atoms with Gasteiger partial charge in [-0.25, -0.2) is 13.2 Å². The fourth-order valence-electron chi connectivity index (χ4n) is 8.07. The molecule has 0 radical (unpaired) electrons. The molecule has 6 nitrogen and oxygen atoms in total. The molecule has 3 aromatic carbocycles. The fourth-order valence-corrected chi connectivity index (χ4v) is 8.64. The Morgan fingerprint density at radius 3 is 2.66 bits per heavy atom. The number of aryl methyl sites for hydroxylation is 1. The molecular formula is C33H32Cl2F3N5O. The van der Waals surface area contributed by atoms with Crippen molar-refractivity contribution in [1.82, 2.24) is 20.2 Å². The van der Waals surface area contributed by atoms with Gasteiger partial charge in [0.15, 0.2) is 5.82 Å². The van der Waals surface area contributed by atoms with Gasteiger partial charge < -0.3 is 15.0 Å². The molecule has 1 aromatic heterocycles. The molecule has 1 N–H and O–H groups in total. The van der Waals surface area contributed by atoms with E-state index in [1.54, 1.807) is 18.2 Å². The van der Waals surface area contributed by atoms with Gasteiger partial charge in [0, 0.05) is 54.5 Å². The highest BCUT2D eigenvalue weighted by atomic mass is 35.5. The minimum atomic E-state index is -0.897. The highest BCUT2D eigenvalue weighted by Crippen LogP contribution is 2.45. The molecule has 0 amide bonds. The van der Waals surface area contributed by atoms with Crippen molar-refractivity contribution in [3.05, 3.63) is 57.6 Å². The van der Waals surface area contributed by atoms with Crippen LogP contribution in [0.15, 0.2) is 30.3 Å². The second-order valence-corrected chi connectivity index (χ2v) is 13.7. The van der Waals surface area contributed by atoms with Crippen LogP contribution in [0.1, 0.15) is 37.7 Å². The molecule has 11 heteroatoms. The lowest BCUT2D eigenvalue weighted by Gasteiger charge is -2.34. The third-order valence-corrected chi connectivity index (χ3v) is 10.7. The third-order valence-electron chi connectivity index (χ3n) is 10.0. The minimum Gasteiger partial charge on any atom is -0.461 e. The summed E-state index contributed by atoms with van der Waals surface area (Å²) in [7, 11) is 0. The average Bonchev–Trinajstić information content (AvgIpc) is 3.64. The smallest absolute Gasteiger partial charge is 0.319 e. The number of ether oxygens (including phenoxy) is 1. The summed E-state index contributed by atoms with van der Waals surface area (Å²) in [5.41, 5.74) is 0.979. The second-order valence-electron chi connectivity index (χ2n) is 13.0. The molecule has 4 aliphatic rings. The van der Waals surface area contributed by atoms with Crippen LogP contribution in [0, 0.1) is 18.6 Å². The van der Waals surface area contributed by atoms with Gasteiger partial charge in [0.25, 0.3) is 0 Å². The molecule has 4 atom stereocenters. The Morgan fingerprint density at radius 2 is 1.86 bits per heavy atom. The number of piperazine rings is 1. The topological polar surface area (TPSA) is 53.5 Å². The summed E-state index contributed by atoms with van der Waals surface area (Å²) in [5, 5.41) is 5.21. The van der Waals surface area contributed by atoms with Gasteiger partial charge in [-0.1, -0.05) is 41.4 Å². The van der Waals surface area contributed by atoms with Gasteiger partial charge in [-0.05, 0) is 67.8 Å². The van der Waals surface area contributed by atoms with Gasteiger partial charge in [0.2, 0.25) is 0 Å². The molecule has 230 valence electrons. The minimum absolute atomic E-state index is 0.0484. The van der Waals surface area contributed by atoms with E-state index in [2.05, 4.69) is 20.1 Å². The first-order valence-corrected chi connectivity index (χ1v) is 16.1. The Bertz CT molecular complexity index is 1810. The fraction of sp³-hybridized carbons (Fsp3) is 0.455. The summed E-state index contributed by atoms with van der Waals surface area (Å²) in [6, 6.07) is 8.93. The van der Waals surface area contributed by atoms with Crippen molar-refractivity contribution in [2.24, 2.45) is 0 Å². The first kappa shape index (κ1) is 28.6. The molecular weight excluding hydrogens is 610 g/mol. The summed E-state index contributed by atoms with van der Waals surface area (Å²) in [6.07, 6.45) is 3.45. The zero-order chi connectivity index (χ0) is 30.3. The maximum absolute atomic E-state index is 17.0. The molecule has 4 saturated heterocycles. The van der Waals surface area contributed by atoms with E-state index >= 15 is 4.39 Å². The third kappa shape index (κ3) is 4.61. The van der Waals surface area contributed by atoms with Crippen molar-refractivity contribution < 1.29 is 17.9 Å². The van der Waals surface area contributed by atoms with E-state index in [0.29, 0.717) is 65.7 Å². The average molecular weight is 643 g/mol. The monoisotopic (exact) mass is 641 g/mol. The summed E-state index contributed by atoms with van der Waals surface area (Å²) in [6.45, 7) is 4.77. The zero-order valence-electron chi connectivity index (χ0n) is 24.3. The Labute approximate surface area is 263 Å². The number of benzene rings is 3. The lowest BCUT2D eigenvalue weighted by atomic mass is 9.94. The zero-order valence-corrected chi connectivity index (χ0v) is 25.8. The Kier molecular flexibility index (Phi) is 6.90. The number of nitrogens with one attached hydrogen (secondary N) is 1. The van der Waals surface area contributed by atoms with Crippen molar-refractivity contribution in [1.29, 1.82) is 0 Å². The molecule has 5 heterocycles. The maximum Gasteiger partial charge on any atom is 0.319 e. The number of aromatic nitrogens is 2. The van der Waals surface area contributed by atoms with E-state index in [0.717, 1.165) is 37.8 Å². The highest BCUT2D eigenvalue weighted by molar-refractivity contribution is 6.38. The van der Waals surface area contributed by atoms with Gasteiger partial charge in [0.05, 0.1) is 15.6 Å². The molecule has 4 aromatic rings. The van der Waals surface area contributed by atoms with Crippen LogP contribution in [0.2, 0.25) is 10.0 Å². The van der Waals surface area contributed by atoms with Crippen LogP contribution >= 0.6 is 23.2 Å². The summed E-state index contributed by atoms with van der Waals surface area (Å²) >= 11 is 13.4. The summed E-state index contributed by atoms with van der Waals surface area (Å²) < 4.78 is 52.4. The van der Waals surface area contributed by atoms with E-state index in [4.69, 9.17) is 32.9 Å². The highest BCUT2D eigenvalue weighted by Gasteiger charge is 2.49. The lowest BCUT2D eigenvalue weighted by Crippen LogP contribution is -2.51. The first-order valence-electron chi connectivity index (χ1n) is 15.3. The van der Waals surface area contributed by atoms with Gasteiger partial charge in [-0.15, -0.1) is 0 Å². The number of hydrogen-bond donors (Lipinski definition) is 1. The predicted molar refractivity (Wildman–Crippen MR) is 168 cm³/mol. The van der Waals surface area contributed by atoms with E-state index in [1.165, 1.54) is 6.07 Å². The number of hydrogen-bond acceptors (Lipinski definition) is 6. The Hall–Kier alpha value is -2.85. The number of rotatable bonds is 5. The van der Waals surface area contributed by atoms with Crippen LogP contribution in [0.5, 0.6) is 6.01 Å². The number of halogens is 5. The molecule has 8 rings (SSSR count). The second kappa shape index (κ2) is 10.6. The van der Waals surface area contributed by atoms with Crippen LogP contribution in [-0.2, 0) is 0 Å². The molecule has 44 heavy (non-hydrogen) atoms. The van der Waals surface area contributed by atoms with Crippen LogP contribution in [0.4, 0.5) is 19.0 Å². The Morgan fingerprint density at radius 1 is 1.07 bits per heavy atom. The van der Waals surface area contributed by atoms with Crippen molar-refractivity contribution in [2.75, 3.05) is 37.7 Å². The van der Waals surface area contributed by atoms with Crippen LogP contribution in [0.25, 0.3) is 32.8 Å². The van der Waals surface area contributed by atoms with Crippen molar-refractivity contribution in [3.8, 4) is 17.1 Å². The quantitative estimate of drug-likeness (QED) is 0.248. The van der Waals surface area contributed by atoms with Gasteiger partial charge in [-0.3, -0.25) is 4.90 Å². The van der Waals surface area contributed by atoms with E-state index < -0.39 is 23.3 Å².